The second-order valence-electron chi connectivity index (χ2n) is 4.59. The predicted molar refractivity (Wildman–Crippen MR) is 57.0 cm³/mol. The molecule has 2 aliphatic rings. The first-order chi connectivity index (χ1) is 6.68. The summed E-state index contributed by atoms with van der Waals surface area (Å²) in [4.78, 5) is 0. The fourth-order valence-electron chi connectivity index (χ4n) is 2.57. The molecule has 0 aromatic carbocycles. The van der Waals surface area contributed by atoms with Crippen molar-refractivity contribution in [1.82, 2.24) is 5.32 Å². The van der Waals surface area contributed by atoms with Gasteiger partial charge in [0.1, 0.15) is 0 Å². The van der Waals surface area contributed by atoms with Crippen LogP contribution >= 0.6 is 0 Å². The van der Waals surface area contributed by atoms with Gasteiger partial charge in [0.15, 0.2) is 9.84 Å². The molecule has 1 aliphatic heterocycles. The Bertz CT molecular complexity index is 274. The Hall–Kier alpha value is -0.0900. The molecule has 4 heteroatoms. The zero-order valence-electron chi connectivity index (χ0n) is 8.54. The van der Waals surface area contributed by atoms with Crippen molar-refractivity contribution >= 4 is 9.84 Å². The summed E-state index contributed by atoms with van der Waals surface area (Å²) in [6, 6.07) is 0. The lowest BCUT2D eigenvalue weighted by atomic mass is 10.2. The van der Waals surface area contributed by atoms with Crippen molar-refractivity contribution in [3.63, 3.8) is 0 Å². The lowest BCUT2D eigenvalue weighted by Gasteiger charge is -2.14. The van der Waals surface area contributed by atoms with Gasteiger partial charge in [-0.2, -0.15) is 0 Å². The van der Waals surface area contributed by atoms with Crippen LogP contribution in [0, 0.1) is 5.92 Å². The third-order valence-electron chi connectivity index (χ3n) is 3.44. The number of hydrogen-bond acceptors (Lipinski definition) is 3. The van der Waals surface area contributed by atoms with Crippen LogP contribution in [-0.4, -0.2) is 32.5 Å². The molecule has 0 amide bonds. The van der Waals surface area contributed by atoms with Gasteiger partial charge in [0.25, 0.3) is 0 Å². The van der Waals surface area contributed by atoms with E-state index < -0.39 is 9.84 Å². The van der Waals surface area contributed by atoms with Crippen LogP contribution in [0.5, 0.6) is 0 Å². The topological polar surface area (TPSA) is 46.2 Å². The first kappa shape index (κ1) is 10.4. The molecule has 2 fully saturated rings. The normalized spacial score (nSPS) is 29.9. The average Bonchev–Trinajstić information content (AvgIpc) is 2.71. The first-order valence-corrected chi connectivity index (χ1v) is 7.32. The summed E-state index contributed by atoms with van der Waals surface area (Å²) in [5, 5.41) is 3.21. The van der Waals surface area contributed by atoms with Crippen molar-refractivity contribution in [3.05, 3.63) is 0 Å². The minimum atomic E-state index is -2.78. The maximum Gasteiger partial charge on any atom is 0.153 e. The zero-order chi connectivity index (χ0) is 10.0. The lowest BCUT2D eigenvalue weighted by Crippen LogP contribution is -2.26. The fraction of sp³-hybridized carbons (Fsp3) is 1.00. The standard InChI is InChI=1S/C10H19NO2S/c12-14(13,10-3-1-2-4-10)8-9-5-6-11-7-9/h9-11H,1-8H2. The summed E-state index contributed by atoms with van der Waals surface area (Å²) in [6.45, 7) is 1.89. The van der Waals surface area contributed by atoms with E-state index in [0.29, 0.717) is 11.7 Å². The molecule has 0 aromatic rings. The molecule has 0 bridgehead atoms. The third-order valence-corrected chi connectivity index (χ3v) is 5.86. The van der Waals surface area contributed by atoms with Gasteiger partial charge in [-0.25, -0.2) is 8.42 Å². The van der Waals surface area contributed by atoms with E-state index in [9.17, 15) is 8.42 Å². The zero-order valence-corrected chi connectivity index (χ0v) is 9.35. The fourth-order valence-corrected chi connectivity index (χ4v) is 4.83. The van der Waals surface area contributed by atoms with Crippen LogP contribution in [0.4, 0.5) is 0 Å². The Balaban J connectivity index is 1.93. The van der Waals surface area contributed by atoms with E-state index in [4.69, 9.17) is 0 Å². The quantitative estimate of drug-likeness (QED) is 0.765. The number of nitrogens with one attached hydrogen (secondary N) is 1. The van der Waals surface area contributed by atoms with E-state index in [1.54, 1.807) is 0 Å². The van der Waals surface area contributed by atoms with Crippen LogP contribution in [0.25, 0.3) is 0 Å². The number of sulfone groups is 1. The monoisotopic (exact) mass is 217 g/mol. The third kappa shape index (κ3) is 2.28. The van der Waals surface area contributed by atoms with Crippen molar-refractivity contribution in [2.24, 2.45) is 5.92 Å². The van der Waals surface area contributed by atoms with E-state index in [1.165, 1.54) is 0 Å². The summed E-state index contributed by atoms with van der Waals surface area (Å²) in [7, 11) is -2.78. The van der Waals surface area contributed by atoms with Gasteiger partial charge in [0, 0.05) is 0 Å². The Labute approximate surface area is 86.2 Å². The smallest absolute Gasteiger partial charge is 0.153 e. The maximum atomic E-state index is 12.0. The van der Waals surface area contributed by atoms with Crippen LogP contribution in [-0.2, 0) is 9.84 Å². The van der Waals surface area contributed by atoms with Gasteiger partial charge in [0.05, 0.1) is 11.0 Å². The van der Waals surface area contributed by atoms with Crippen molar-refractivity contribution < 1.29 is 8.42 Å². The van der Waals surface area contributed by atoms with Crippen LogP contribution in [0.2, 0.25) is 0 Å². The minimum absolute atomic E-state index is 0.0110. The SMILES string of the molecule is O=S(=O)(CC1CCNC1)C1CCCC1. The van der Waals surface area contributed by atoms with Crippen molar-refractivity contribution in [2.75, 3.05) is 18.8 Å². The highest BCUT2D eigenvalue weighted by Gasteiger charge is 2.31. The van der Waals surface area contributed by atoms with E-state index in [1.807, 2.05) is 0 Å². The molecule has 1 aliphatic carbocycles. The van der Waals surface area contributed by atoms with Crippen molar-refractivity contribution in [1.29, 1.82) is 0 Å². The Morgan fingerprint density at radius 2 is 1.86 bits per heavy atom. The molecule has 0 radical (unpaired) electrons. The van der Waals surface area contributed by atoms with Crippen LogP contribution in [0.15, 0.2) is 0 Å². The van der Waals surface area contributed by atoms with Crippen LogP contribution in [0.1, 0.15) is 32.1 Å². The van der Waals surface area contributed by atoms with Gasteiger partial charge >= 0.3 is 0 Å². The second-order valence-corrected chi connectivity index (χ2v) is 6.92. The summed E-state index contributed by atoms with van der Waals surface area (Å²) in [6.07, 6.45) is 5.05. The molecular formula is C10H19NO2S. The first-order valence-electron chi connectivity index (χ1n) is 5.61. The van der Waals surface area contributed by atoms with Gasteiger partial charge in [0.2, 0.25) is 0 Å². The van der Waals surface area contributed by atoms with Crippen molar-refractivity contribution in [3.8, 4) is 0 Å². The number of hydrogen-bond donors (Lipinski definition) is 1. The Kier molecular flexibility index (Phi) is 3.12. The van der Waals surface area contributed by atoms with E-state index in [2.05, 4.69) is 5.32 Å². The molecule has 1 unspecified atom stereocenters. The largest absolute Gasteiger partial charge is 0.316 e. The second kappa shape index (κ2) is 4.19. The molecule has 0 spiro atoms. The Morgan fingerprint density at radius 1 is 1.14 bits per heavy atom. The molecule has 0 aromatic heterocycles. The summed E-state index contributed by atoms with van der Waals surface area (Å²) in [5.41, 5.74) is 0. The molecule has 1 atom stereocenters. The summed E-state index contributed by atoms with van der Waals surface area (Å²) >= 11 is 0. The molecular weight excluding hydrogens is 198 g/mol. The molecule has 1 N–H and O–H groups in total. The van der Waals surface area contributed by atoms with Crippen molar-refractivity contribution in [2.45, 2.75) is 37.4 Å². The number of rotatable bonds is 3. The molecule has 3 nitrogen and oxygen atoms in total. The van der Waals surface area contributed by atoms with Crippen LogP contribution < -0.4 is 5.32 Å². The molecule has 14 heavy (non-hydrogen) atoms. The highest BCUT2D eigenvalue weighted by atomic mass is 32.2. The van der Waals surface area contributed by atoms with Gasteiger partial charge < -0.3 is 5.32 Å². The molecule has 82 valence electrons. The minimum Gasteiger partial charge on any atom is -0.316 e. The van der Waals surface area contributed by atoms with E-state index >= 15 is 0 Å². The summed E-state index contributed by atoms with van der Waals surface area (Å²) in [5.74, 6) is 0.797. The maximum absolute atomic E-state index is 12.0. The Morgan fingerprint density at radius 3 is 2.43 bits per heavy atom. The van der Waals surface area contributed by atoms with Gasteiger partial charge in [-0.15, -0.1) is 0 Å². The lowest BCUT2D eigenvalue weighted by molar-refractivity contribution is 0.556. The highest BCUT2D eigenvalue weighted by molar-refractivity contribution is 7.92. The highest BCUT2D eigenvalue weighted by Crippen LogP contribution is 2.27. The van der Waals surface area contributed by atoms with Gasteiger partial charge in [-0.05, 0) is 38.3 Å². The van der Waals surface area contributed by atoms with E-state index in [-0.39, 0.29) is 5.25 Å². The molecule has 2 rings (SSSR count). The molecule has 1 saturated heterocycles. The van der Waals surface area contributed by atoms with Crippen LogP contribution in [0.3, 0.4) is 0 Å². The van der Waals surface area contributed by atoms with Gasteiger partial charge in [-0.1, -0.05) is 12.8 Å². The molecule has 1 saturated carbocycles. The van der Waals surface area contributed by atoms with E-state index in [0.717, 1.165) is 45.2 Å². The average molecular weight is 217 g/mol. The molecule has 1 heterocycles. The summed E-state index contributed by atoms with van der Waals surface area (Å²) < 4.78 is 23.9. The predicted octanol–water partition coefficient (Wildman–Crippen LogP) is 0.953. The van der Waals surface area contributed by atoms with Gasteiger partial charge in [-0.3, -0.25) is 0 Å².